The van der Waals surface area contributed by atoms with Crippen LogP contribution in [0.3, 0.4) is 0 Å². The predicted octanol–water partition coefficient (Wildman–Crippen LogP) is 1.22. The molecule has 1 aliphatic carbocycles. The minimum atomic E-state index is -0.718. The summed E-state index contributed by atoms with van der Waals surface area (Å²) in [6.07, 6.45) is 3.71. The SMILES string of the molecule is NC(=O)C1=C(C2C(=O)Nc3ccccc32)C=CCC1=C=O. The van der Waals surface area contributed by atoms with Crippen LogP contribution in [0.5, 0.6) is 0 Å². The van der Waals surface area contributed by atoms with Crippen molar-refractivity contribution in [1.82, 2.24) is 0 Å². The molecule has 1 aromatic rings. The Hall–Kier alpha value is -2.91. The van der Waals surface area contributed by atoms with Gasteiger partial charge in [-0.15, -0.1) is 0 Å². The van der Waals surface area contributed by atoms with Crippen LogP contribution < -0.4 is 11.1 Å². The highest BCUT2D eigenvalue weighted by Crippen LogP contribution is 2.41. The van der Waals surface area contributed by atoms with Gasteiger partial charge in [0.25, 0.3) is 0 Å². The lowest BCUT2D eigenvalue weighted by atomic mass is 9.82. The van der Waals surface area contributed by atoms with E-state index in [-0.39, 0.29) is 17.1 Å². The van der Waals surface area contributed by atoms with Crippen molar-refractivity contribution in [3.8, 4) is 0 Å². The molecule has 0 spiro atoms. The van der Waals surface area contributed by atoms with Gasteiger partial charge in [0.05, 0.1) is 17.1 Å². The van der Waals surface area contributed by atoms with Crippen molar-refractivity contribution in [1.29, 1.82) is 0 Å². The molecule has 104 valence electrons. The Kier molecular flexibility index (Phi) is 3.05. The van der Waals surface area contributed by atoms with Crippen LogP contribution in [-0.2, 0) is 14.4 Å². The van der Waals surface area contributed by atoms with Gasteiger partial charge in [0.15, 0.2) is 0 Å². The summed E-state index contributed by atoms with van der Waals surface area (Å²) in [4.78, 5) is 35.0. The summed E-state index contributed by atoms with van der Waals surface area (Å²) in [6, 6.07) is 7.25. The van der Waals surface area contributed by atoms with Crippen molar-refractivity contribution < 1.29 is 14.4 Å². The molecule has 0 bridgehead atoms. The van der Waals surface area contributed by atoms with E-state index < -0.39 is 11.8 Å². The van der Waals surface area contributed by atoms with E-state index in [9.17, 15) is 14.4 Å². The molecule has 0 saturated carbocycles. The topological polar surface area (TPSA) is 89.3 Å². The van der Waals surface area contributed by atoms with Gasteiger partial charge in [-0.25, -0.2) is 4.79 Å². The summed E-state index contributed by atoms with van der Waals surface area (Å²) >= 11 is 0. The fraction of sp³-hybridized carbons (Fsp3) is 0.125. The predicted molar refractivity (Wildman–Crippen MR) is 77.0 cm³/mol. The number of allylic oxidation sites excluding steroid dienone is 2. The molecule has 0 saturated heterocycles. The molecule has 3 rings (SSSR count). The van der Waals surface area contributed by atoms with E-state index in [1.807, 2.05) is 18.2 Å². The van der Waals surface area contributed by atoms with Crippen LogP contribution >= 0.6 is 0 Å². The number of benzene rings is 1. The molecule has 1 unspecified atom stereocenters. The van der Waals surface area contributed by atoms with E-state index in [2.05, 4.69) is 5.32 Å². The number of amides is 2. The van der Waals surface area contributed by atoms with E-state index >= 15 is 0 Å². The number of rotatable bonds is 2. The average molecular weight is 280 g/mol. The first-order valence-electron chi connectivity index (χ1n) is 6.48. The average Bonchev–Trinajstić information content (AvgIpc) is 2.81. The van der Waals surface area contributed by atoms with Crippen LogP contribution in [0.4, 0.5) is 5.69 Å². The van der Waals surface area contributed by atoms with Crippen molar-refractivity contribution in [3.63, 3.8) is 0 Å². The van der Waals surface area contributed by atoms with Crippen LogP contribution in [0.2, 0.25) is 0 Å². The molecule has 1 atom stereocenters. The van der Waals surface area contributed by atoms with Crippen molar-refractivity contribution in [2.75, 3.05) is 5.32 Å². The molecular formula is C16H12N2O3. The lowest BCUT2D eigenvalue weighted by Gasteiger charge is -2.18. The molecule has 1 heterocycles. The maximum absolute atomic E-state index is 12.3. The van der Waals surface area contributed by atoms with E-state index in [0.29, 0.717) is 17.7 Å². The van der Waals surface area contributed by atoms with E-state index in [4.69, 9.17) is 5.73 Å². The Balaban J connectivity index is 2.23. The normalized spacial score (nSPS) is 20.1. The molecule has 1 aliphatic heterocycles. The van der Waals surface area contributed by atoms with Gasteiger partial charge in [-0.1, -0.05) is 30.4 Å². The molecular weight excluding hydrogens is 268 g/mol. The molecule has 5 heteroatoms. The van der Waals surface area contributed by atoms with E-state index in [1.54, 1.807) is 24.2 Å². The third-order valence-electron chi connectivity index (χ3n) is 3.68. The number of carbonyl (C=O) groups excluding carboxylic acids is 3. The summed E-state index contributed by atoms with van der Waals surface area (Å²) in [6.45, 7) is 0. The van der Waals surface area contributed by atoms with E-state index in [0.717, 1.165) is 5.56 Å². The van der Waals surface area contributed by atoms with Crippen LogP contribution in [-0.4, -0.2) is 17.8 Å². The third kappa shape index (κ3) is 2.00. The zero-order chi connectivity index (χ0) is 15.0. The summed E-state index contributed by atoms with van der Waals surface area (Å²) < 4.78 is 0. The second-order valence-corrected chi connectivity index (χ2v) is 4.89. The largest absolute Gasteiger partial charge is 0.366 e. The molecule has 3 N–H and O–H groups in total. The van der Waals surface area contributed by atoms with Crippen molar-refractivity contribution in [2.24, 2.45) is 5.73 Å². The van der Waals surface area contributed by atoms with Crippen LogP contribution in [0, 0.1) is 0 Å². The minimum Gasteiger partial charge on any atom is -0.366 e. The summed E-state index contributed by atoms with van der Waals surface area (Å²) in [5.74, 6) is 0.165. The number of para-hydroxylation sites is 1. The smallest absolute Gasteiger partial charge is 0.250 e. The highest BCUT2D eigenvalue weighted by atomic mass is 16.2. The first-order chi connectivity index (χ1) is 10.1. The second-order valence-electron chi connectivity index (χ2n) is 4.89. The zero-order valence-electron chi connectivity index (χ0n) is 11.1. The Labute approximate surface area is 120 Å². The number of anilines is 1. The Morgan fingerprint density at radius 1 is 1.33 bits per heavy atom. The van der Waals surface area contributed by atoms with Gasteiger partial charge in [0.1, 0.15) is 5.94 Å². The first-order valence-corrected chi connectivity index (χ1v) is 6.48. The standard InChI is InChI=1S/C16H12N2O3/c17-15(20)13-9(8-19)4-3-6-11(13)14-10-5-1-2-7-12(10)18-16(14)21/h1-3,5-7,14H,4H2,(H2,17,20)(H,18,21). The highest BCUT2D eigenvalue weighted by Gasteiger charge is 2.36. The number of hydrogen-bond acceptors (Lipinski definition) is 3. The Bertz CT molecular complexity index is 767. The van der Waals surface area contributed by atoms with Crippen molar-refractivity contribution in [3.05, 3.63) is 58.7 Å². The Morgan fingerprint density at radius 3 is 2.81 bits per heavy atom. The molecule has 5 nitrogen and oxygen atoms in total. The van der Waals surface area contributed by atoms with Gasteiger partial charge >= 0.3 is 0 Å². The number of hydrogen-bond donors (Lipinski definition) is 2. The van der Waals surface area contributed by atoms with Crippen molar-refractivity contribution >= 4 is 23.4 Å². The van der Waals surface area contributed by atoms with Gasteiger partial charge in [0, 0.05) is 12.1 Å². The van der Waals surface area contributed by atoms with Crippen molar-refractivity contribution in [2.45, 2.75) is 12.3 Å². The summed E-state index contributed by atoms with van der Waals surface area (Å²) in [7, 11) is 0. The maximum atomic E-state index is 12.3. The van der Waals surface area contributed by atoms with Crippen LogP contribution in [0.1, 0.15) is 17.9 Å². The molecule has 21 heavy (non-hydrogen) atoms. The van der Waals surface area contributed by atoms with Gasteiger partial charge in [-0.2, -0.15) is 0 Å². The number of carbonyl (C=O) groups is 2. The molecule has 0 aromatic heterocycles. The van der Waals surface area contributed by atoms with Crippen LogP contribution in [0.15, 0.2) is 53.1 Å². The number of primary amides is 1. The van der Waals surface area contributed by atoms with Gasteiger partial charge in [0.2, 0.25) is 11.8 Å². The fourth-order valence-electron chi connectivity index (χ4n) is 2.81. The zero-order valence-corrected chi connectivity index (χ0v) is 11.1. The van der Waals surface area contributed by atoms with Crippen LogP contribution in [0.25, 0.3) is 0 Å². The van der Waals surface area contributed by atoms with Gasteiger partial charge in [-0.3, -0.25) is 9.59 Å². The first kappa shape index (κ1) is 13.1. The Morgan fingerprint density at radius 2 is 2.10 bits per heavy atom. The molecule has 2 amide bonds. The third-order valence-corrected chi connectivity index (χ3v) is 3.68. The van der Waals surface area contributed by atoms with E-state index in [1.165, 1.54) is 0 Å². The molecule has 2 aliphatic rings. The second kappa shape index (κ2) is 4.89. The quantitative estimate of drug-likeness (QED) is 0.798. The van der Waals surface area contributed by atoms with Gasteiger partial charge in [-0.05, 0) is 17.2 Å². The molecule has 0 radical (unpaired) electrons. The highest BCUT2D eigenvalue weighted by molar-refractivity contribution is 6.09. The summed E-state index contributed by atoms with van der Waals surface area (Å²) in [5, 5.41) is 2.77. The lowest BCUT2D eigenvalue weighted by molar-refractivity contribution is -0.116. The molecule has 0 fully saturated rings. The number of nitrogens with one attached hydrogen (secondary N) is 1. The lowest BCUT2D eigenvalue weighted by Crippen LogP contribution is -2.23. The maximum Gasteiger partial charge on any atom is 0.250 e. The fourth-order valence-corrected chi connectivity index (χ4v) is 2.81. The summed E-state index contributed by atoms with van der Waals surface area (Å²) in [5.41, 5.74) is 7.62. The monoisotopic (exact) mass is 280 g/mol. The number of fused-ring (bicyclic) bond motifs is 1. The van der Waals surface area contributed by atoms with Gasteiger partial charge < -0.3 is 11.1 Å². The minimum absolute atomic E-state index is 0.101. The molecule has 1 aromatic carbocycles. The number of nitrogens with two attached hydrogens (primary N) is 1.